The summed E-state index contributed by atoms with van der Waals surface area (Å²) in [7, 11) is 0. The first-order chi connectivity index (χ1) is 7.31. The number of nitrogens with zero attached hydrogens (tertiary/aromatic N) is 2. The van der Waals surface area contributed by atoms with Gasteiger partial charge in [0.05, 0.1) is 5.69 Å². The highest BCUT2D eigenvalue weighted by Crippen LogP contribution is 2.20. The van der Waals surface area contributed by atoms with Crippen LogP contribution in [0.5, 0.6) is 0 Å². The molecule has 1 aromatic heterocycles. The number of nitrogens with two attached hydrogens (primary N) is 1. The number of hydrogen-bond donors (Lipinski definition) is 3. The van der Waals surface area contributed by atoms with Gasteiger partial charge < -0.3 is 16.4 Å². The van der Waals surface area contributed by atoms with Gasteiger partial charge in [0.2, 0.25) is 5.95 Å². The predicted octanol–water partition coefficient (Wildman–Crippen LogP) is 0.302. The van der Waals surface area contributed by atoms with Crippen LogP contribution in [0.15, 0.2) is 12.7 Å². The second-order valence-corrected chi connectivity index (χ2v) is 3.45. The fourth-order valence-corrected chi connectivity index (χ4v) is 1.68. The van der Waals surface area contributed by atoms with E-state index < -0.39 is 0 Å². The zero-order valence-electron chi connectivity index (χ0n) is 8.58. The van der Waals surface area contributed by atoms with Crippen molar-refractivity contribution in [2.45, 2.75) is 13.0 Å². The monoisotopic (exact) mass is 205 g/mol. The zero-order chi connectivity index (χ0) is 10.7. The van der Waals surface area contributed by atoms with Crippen molar-refractivity contribution in [3.63, 3.8) is 0 Å². The van der Waals surface area contributed by atoms with Gasteiger partial charge >= 0.3 is 0 Å². The first-order valence-electron chi connectivity index (χ1n) is 5.02. The summed E-state index contributed by atoms with van der Waals surface area (Å²) in [5.74, 6) is 1.16. The fourth-order valence-electron chi connectivity index (χ4n) is 1.68. The Kier molecular flexibility index (Phi) is 2.82. The van der Waals surface area contributed by atoms with Crippen molar-refractivity contribution in [2.24, 2.45) is 0 Å². The van der Waals surface area contributed by atoms with Crippen LogP contribution in [-0.4, -0.2) is 23.1 Å². The molecule has 15 heavy (non-hydrogen) atoms. The maximum Gasteiger partial charge on any atom is 0.222 e. The Morgan fingerprint density at radius 1 is 1.53 bits per heavy atom. The Balaban J connectivity index is 2.34. The van der Waals surface area contributed by atoms with E-state index >= 15 is 0 Å². The fraction of sp³-hybridized carbons (Fsp3) is 0.400. The molecule has 4 N–H and O–H groups in total. The topological polar surface area (TPSA) is 75.9 Å². The summed E-state index contributed by atoms with van der Waals surface area (Å²) in [6.07, 6.45) is 2.70. The molecule has 1 aliphatic rings. The summed E-state index contributed by atoms with van der Waals surface area (Å²) in [5, 5.41) is 6.46. The van der Waals surface area contributed by atoms with Crippen molar-refractivity contribution in [1.29, 1.82) is 0 Å². The highest BCUT2D eigenvalue weighted by atomic mass is 15.1. The van der Waals surface area contributed by atoms with Crippen LogP contribution in [-0.2, 0) is 13.0 Å². The van der Waals surface area contributed by atoms with Gasteiger partial charge in [0.15, 0.2) is 0 Å². The number of rotatable bonds is 3. The summed E-state index contributed by atoms with van der Waals surface area (Å²) in [4.78, 5) is 8.44. The molecule has 0 amide bonds. The summed E-state index contributed by atoms with van der Waals surface area (Å²) in [5.41, 5.74) is 7.82. The maximum absolute atomic E-state index is 5.65. The highest BCUT2D eigenvalue weighted by Gasteiger charge is 2.15. The molecule has 2 heterocycles. The van der Waals surface area contributed by atoms with Crippen LogP contribution in [0.2, 0.25) is 0 Å². The van der Waals surface area contributed by atoms with Crippen LogP contribution in [0.1, 0.15) is 11.3 Å². The minimum absolute atomic E-state index is 0.335. The molecule has 5 heteroatoms. The van der Waals surface area contributed by atoms with Crippen molar-refractivity contribution in [3.8, 4) is 0 Å². The van der Waals surface area contributed by atoms with E-state index in [1.54, 1.807) is 6.08 Å². The largest absolute Gasteiger partial charge is 0.368 e. The molecule has 0 radical (unpaired) electrons. The third-order valence-corrected chi connectivity index (χ3v) is 2.36. The van der Waals surface area contributed by atoms with Gasteiger partial charge in [-0.1, -0.05) is 6.08 Å². The van der Waals surface area contributed by atoms with Gasteiger partial charge in [-0.2, -0.15) is 4.98 Å². The van der Waals surface area contributed by atoms with Gasteiger partial charge in [-0.3, -0.25) is 0 Å². The van der Waals surface area contributed by atoms with Crippen molar-refractivity contribution in [1.82, 2.24) is 15.3 Å². The molecule has 0 bridgehead atoms. The van der Waals surface area contributed by atoms with E-state index in [0.717, 1.165) is 36.6 Å². The number of anilines is 2. The van der Waals surface area contributed by atoms with Crippen LogP contribution in [0.25, 0.3) is 0 Å². The molecule has 0 saturated heterocycles. The van der Waals surface area contributed by atoms with Crippen LogP contribution in [0.4, 0.5) is 11.8 Å². The maximum atomic E-state index is 5.65. The van der Waals surface area contributed by atoms with Crippen molar-refractivity contribution in [2.75, 3.05) is 24.1 Å². The summed E-state index contributed by atoms with van der Waals surface area (Å²) in [6, 6.07) is 0. The normalized spacial score (nSPS) is 14.4. The van der Waals surface area contributed by atoms with Gasteiger partial charge in [0.1, 0.15) is 5.82 Å². The first kappa shape index (κ1) is 9.92. The molecule has 0 aromatic carbocycles. The molecule has 0 unspecified atom stereocenters. The molecule has 0 aliphatic carbocycles. The van der Waals surface area contributed by atoms with Gasteiger partial charge in [0, 0.05) is 31.6 Å². The van der Waals surface area contributed by atoms with E-state index in [-0.39, 0.29) is 0 Å². The smallest absolute Gasteiger partial charge is 0.222 e. The van der Waals surface area contributed by atoms with Crippen LogP contribution in [0.3, 0.4) is 0 Å². The summed E-state index contributed by atoms with van der Waals surface area (Å²) < 4.78 is 0. The van der Waals surface area contributed by atoms with Crippen molar-refractivity contribution < 1.29 is 0 Å². The Bertz CT molecular complexity index is 374. The third kappa shape index (κ3) is 2.07. The lowest BCUT2D eigenvalue weighted by molar-refractivity contribution is 0.628. The Morgan fingerprint density at radius 2 is 2.40 bits per heavy atom. The standard InChI is InChI=1S/C10H15N5/c1-2-4-13-9-7-6-12-5-3-8(7)14-10(11)15-9/h2,12H,1,3-6H2,(H3,11,13,14,15). The molecule has 0 saturated carbocycles. The molecule has 5 nitrogen and oxygen atoms in total. The number of nitrogen functional groups attached to an aromatic ring is 1. The van der Waals surface area contributed by atoms with E-state index in [1.807, 2.05) is 0 Å². The van der Waals surface area contributed by atoms with E-state index in [2.05, 4.69) is 27.2 Å². The van der Waals surface area contributed by atoms with Gasteiger partial charge in [0.25, 0.3) is 0 Å². The van der Waals surface area contributed by atoms with Crippen LogP contribution in [0, 0.1) is 0 Å². The molecule has 0 atom stereocenters. The molecular weight excluding hydrogens is 190 g/mol. The number of hydrogen-bond acceptors (Lipinski definition) is 5. The average molecular weight is 205 g/mol. The minimum atomic E-state index is 0.335. The molecule has 1 aromatic rings. The average Bonchev–Trinajstić information content (AvgIpc) is 2.25. The third-order valence-electron chi connectivity index (χ3n) is 2.36. The van der Waals surface area contributed by atoms with Crippen molar-refractivity contribution >= 4 is 11.8 Å². The SMILES string of the molecule is C=CCNc1nc(N)nc2c1CNCC2. The number of aromatic nitrogens is 2. The second-order valence-electron chi connectivity index (χ2n) is 3.45. The van der Waals surface area contributed by atoms with Crippen LogP contribution >= 0.6 is 0 Å². The second kappa shape index (κ2) is 4.27. The molecule has 1 aliphatic heterocycles. The van der Waals surface area contributed by atoms with Gasteiger partial charge in [-0.25, -0.2) is 4.98 Å². The zero-order valence-corrected chi connectivity index (χ0v) is 8.58. The van der Waals surface area contributed by atoms with E-state index in [0.29, 0.717) is 12.5 Å². The molecule has 0 fully saturated rings. The number of nitrogens with one attached hydrogen (secondary N) is 2. The van der Waals surface area contributed by atoms with Gasteiger partial charge in [-0.15, -0.1) is 6.58 Å². The Labute approximate surface area is 88.8 Å². The summed E-state index contributed by atoms with van der Waals surface area (Å²) in [6.45, 7) is 6.09. The van der Waals surface area contributed by atoms with E-state index in [4.69, 9.17) is 5.73 Å². The number of fused-ring (bicyclic) bond motifs is 1. The Morgan fingerprint density at radius 3 is 3.20 bits per heavy atom. The molecule has 0 spiro atoms. The van der Waals surface area contributed by atoms with Crippen molar-refractivity contribution in [3.05, 3.63) is 23.9 Å². The molecular formula is C10H15N5. The Hall–Kier alpha value is -1.62. The molecule has 2 rings (SSSR count). The lowest BCUT2D eigenvalue weighted by atomic mass is 10.1. The minimum Gasteiger partial charge on any atom is -0.368 e. The quantitative estimate of drug-likeness (QED) is 0.619. The van der Waals surface area contributed by atoms with Gasteiger partial charge in [-0.05, 0) is 0 Å². The lowest BCUT2D eigenvalue weighted by Crippen LogP contribution is -2.27. The highest BCUT2D eigenvalue weighted by molar-refractivity contribution is 5.50. The first-order valence-corrected chi connectivity index (χ1v) is 5.02. The molecule has 80 valence electrons. The van der Waals surface area contributed by atoms with E-state index in [1.165, 1.54) is 0 Å². The predicted molar refractivity (Wildman–Crippen MR) is 60.5 cm³/mol. The lowest BCUT2D eigenvalue weighted by Gasteiger charge is -2.19. The van der Waals surface area contributed by atoms with E-state index in [9.17, 15) is 0 Å². The van der Waals surface area contributed by atoms with Crippen LogP contribution < -0.4 is 16.4 Å². The summed E-state index contributed by atoms with van der Waals surface area (Å²) >= 11 is 0.